The lowest BCUT2D eigenvalue weighted by molar-refractivity contribution is -0.131. The maximum atomic E-state index is 11.8. The van der Waals surface area contributed by atoms with Crippen LogP contribution in [0.4, 0.5) is 0 Å². The minimum absolute atomic E-state index is 0.0317. The van der Waals surface area contributed by atoms with Gasteiger partial charge in [0.1, 0.15) is 0 Å². The maximum absolute atomic E-state index is 11.8. The Labute approximate surface area is 132 Å². The van der Waals surface area contributed by atoms with Crippen LogP contribution in [0, 0.1) is 0 Å². The van der Waals surface area contributed by atoms with Crippen molar-refractivity contribution in [2.75, 3.05) is 13.4 Å². The van der Waals surface area contributed by atoms with Crippen molar-refractivity contribution in [3.8, 4) is 11.5 Å². The van der Waals surface area contributed by atoms with Crippen LogP contribution in [-0.4, -0.2) is 38.6 Å². The van der Waals surface area contributed by atoms with Gasteiger partial charge in [-0.15, -0.1) is 0 Å². The second kappa shape index (κ2) is 7.49. The number of nitrogens with zero attached hydrogens (tertiary/aromatic N) is 1. The third-order valence-corrected chi connectivity index (χ3v) is 3.83. The van der Waals surface area contributed by atoms with Crippen molar-refractivity contribution in [3.05, 3.63) is 23.8 Å². The predicted octanol–water partition coefficient (Wildman–Crippen LogP) is 2.18. The number of benzene rings is 1. The number of rotatable bonds is 7. The van der Waals surface area contributed by atoms with E-state index in [0.717, 1.165) is 18.2 Å². The first-order valence-electron chi connectivity index (χ1n) is 7.01. The van der Waals surface area contributed by atoms with E-state index in [9.17, 15) is 13.2 Å². The Morgan fingerprint density at radius 3 is 2.41 bits per heavy atom. The molecule has 0 N–H and O–H groups in total. The number of amides is 1. The standard InChI is InChI=1S/C15H23NO5S/c1-6-11(2)16(12(3)17)10-13-7-8-14(20-4)15(9-13)21-22(5,18)19/h7-9,11H,6,10H2,1-5H3/t11-/m1/s1. The molecule has 0 saturated heterocycles. The van der Waals surface area contributed by atoms with E-state index in [1.54, 1.807) is 23.1 Å². The molecule has 0 aliphatic carbocycles. The Kier molecular flexibility index (Phi) is 6.22. The fourth-order valence-corrected chi connectivity index (χ4v) is 2.50. The molecule has 0 aromatic heterocycles. The molecule has 0 fully saturated rings. The topological polar surface area (TPSA) is 72.9 Å². The first-order chi connectivity index (χ1) is 10.2. The Balaban J connectivity index is 3.10. The van der Waals surface area contributed by atoms with Gasteiger partial charge in [-0.2, -0.15) is 8.42 Å². The Morgan fingerprint density at radius 2 is 1.95 bits per heavy atom. The van der Waals surface area contributed by atoms with E-state index in [1.165, 1.54) is 14.0 Å². The molecule has 0 unspecified atom stereocenters. The molecule has 6 nitrogen and oxygen atoms in total. The molecule has 22 heavy (non-hydrogen) atoms. The molecule has 0 saturated carbocycles. The molecule has 1 aromatic rings. The van der Waals surface area contributed by atoms with E-state index < -0.39 is 10.1 Å². The third kappa shape index (κ3) is 5.22. The zero-order valence-electron chi connectivity index (χ0n) is 13.6. The van der Waals surface area contributed by atoms with Crippen LogP contribution in [0.5, 0.6) is 11.5 Å². The molecular formula is C15H23NO5S. The van der Waals surface area contributed by atoms with Gasteiger partial charge < -0.3 is 13.8 Å². The smallest absolute Gasteiger partial charge is 0.306 e. The first-order valence-corrected chi connectivity index (χ1v) is 8.83. The number of carbonyl (C=O) groups excluding carboxylic acids is 1. The molecule has 1 rings (SSSR count). The average molecular weight is 329 g/mol. The molecule has 0 aliphatic heterocycles. The lowest BCUT2D eigenvalue weighted by atomic mass is 10.1. The number of carbonyl (C=O) groups is 1. The van der Waals surface area contributed by atoms with Gasteiger partial charge in [0.05, 0.1) is 13.4 Å². The summed E-state index contributed by atoms with van der Waals surface area (Å²) >= 11 is 0. The Morgan fingerprint density at radius 1 is 1.32 bits per heavy atom. The summed E-state index contributed by atoms with van der Waals surface area (Å²) in [7, 11) is -2.22. The van der Waals surface area contributed by atoms with Gasteiger partial charge in [-0.05, 0) is 31.0 Å². The van der Waals surface area contributed by atoms with Gasteiger partial charge in [-0.3, -0.25) is 4.79 Å². The van der Waals surface area contributed by atoms with E-state index in [1.807, 2.05) is 13.8 Å². The molecule has 1 atom stereocenters. The van der Waals surface area contributed by atoms with Crippen LogP contribution in [0.1, 0.15) is 32.8 Å². The highest BCUT2D eigenvalue weighted by Crippen LogP contribution is 2.30. The summed E-state index contributed by atoms with van der Waals surface area (Å²) in [5.74, 6) is 0.415. The summed E-state index contributed by atoms with van der Waals surface area (Å²) in [5, 5.41) is 0. The van der Waals surface area contributed by atoms with E-state index in [-0.39, 0.29) is 17.7 Å². The molecule has 0 heterocycles. The maximum Gasteiger partial charge on any atom is 0.306 e. The highest BCUT2D eigenvalue weighted by atomic mass is 32.2. The number of ether oxygens (including phenoxy) is 1. The summed E-state index contributed by atoms with van der Waals surface area (Å²) in [6.07, 6.45) is 1.81. The van der Waals surface area contributed by atoms with Crippen LogP contribution >= 0.6 is 0 Å². The van der Waals surface area contributed by atoms with E-state index >= 15 is 0 Å². The second-order valence-electron chi connectivity index (χ2n) is 5.18. The van der Waals surface area contributed by atoms with Gasteiger partial charge >= 0.3 is 10.1 Å². The van der Waals surface area contributed by atoms with Crippen molar-refractivity contribution in [3.63, 3.8) is 0 Å². The first kappa shape index (κ1) is 18.3. The summed E-state index contributed by atoms with van der Waals surface area (Å²) in [6.45, 7) is 5.88. The largest absolute Gasteiger partial charge is 0.493 e. The number of methoxy groups -OCH3 is 1. The zero-order chi connectivity index (χ0) is 16.9. The lowest BCUT2D eigenvalue weighted by Gasteiger charge is -2.27. The van der Waals surface area contributed by atoms with Crippen molar-refractivity contribution in [2.24, 2.45) is 0 Å². The minimum atomic E-state index is -3.65. The molecule has 124 valence electrons. The molecule has 1 amide bonds. The Bertz CT molecular complexity index is 627. The molecular weight excluding hydrogens is 306 g/mol. The highest BCUT2D eigenvalue weighted by Gasteiger charge is 2.17. The van der Waals surface area contributed by atoms with Gasteiger partial charge in [0.2, 0.25) is 5.91 Å². The summed E-state index contributed by atoms with van der Waals surface area (Å²) in [5.41, 5.74) is 0.773. The van der Waals surface area contributed by atoms with Crippen LogP contribution in [0.3, 0.4) is 0 Å². The summed E-state index contributed by atoms with van der Waals surface area (Å²) < 4.78 is 32.7. The quantitative estimate of drug-likeness (QED) is 0.717. The molecule has 1 aromatic carbocycles. The SMILES string of the molecule is CC[C@@H](C)N(Cc1ccc(OC)c(OS(C)(=O)=O)c1)C(C)=O. The predicted molar refractivity (Wildman–Crippen MR) is 84.4 cm³/mol. The molecule has 0 spiro atoms. The Hall–Kier alpha value is -1.76. The van der Waals surface area contributed by atoms with Crippen molar-refractivity contribution < 1.29 is 22.1 Å². The monoisotopic (exact) mass is 329 g/mol. The van der Waals surface area contributed by atoms with Crippen LogP contribution in [0.25, 0.3) is 0 Å². The van der Waals surface area contributed by atoms with Crippen LogP contribution in [0.15, 0.2) is 18.2 Å². The van der Waals surface area contributed by atoms with Gasteiger partial charge in [0.25, 0.3) is 0 Å². The fraction of sp³-hybridized carbons (Fsp3) is 0.533. The minimum Gasteiger partial charge on any atom is -0.493 e. The average Bonchev–Trinajstić information content (AvgIpc) is 2.42. The van der Waals surface area contributed by atoms with Gasteiger partial charge in [-0.25, -0.2) is 0 Å². The number of hydrogen-bond acceptors (Lipinski definition) is 5. The highest BCUT2D eigenvalue weighted by molar-refractivity contribution is 7.86. The van der Waals surface area contributed by atoms with Gasteiger partial charge in [-0.1, -0.05) is 13.0 Å². The normalized spacial score (nSPS) is 12.6. The molecule has 7 heteroatoms. The van der Waals surface area contributed by atoms with E-state index in [0.29, 0.717) is 12.3 Å². The number of hydrogen-bond donors (Lipinski definition) is 0. The summed E-state index contributed by atoms with van der Waals surface area (Å²) in [6, 6.07) is 5.09. The molecule has 0 radical (unpaired) electrons. The van der Waals surface area contributed by atoms with Crippen LogP contribution < -0.4 is 8.92 Å². The van der Waals surface area contributed by atoms with Crippen molar-refractivity contribution >= 4 is 16.0 Å². The molecule has 0 aliphatic rings. The van der Waals surface area contributed by atoms with Crippen LogP contribution in [0.2, 0.25) is 0 Å². The van der Waals surface area contributed by atoms with Crippen molar-refractivity contribution in [2.45, 2.75) is 39.8 Å². The molecule has 0 bridgehead atoms. The fourth-order valence-electron chi connectivity index (χ4n) is 2.04. The third-order valence-electron chi connectivity index (χ3n) is 3.35. The van der Waals surface area contributed by atoms with Gasteiger partial charge in [0, 0.05) is 19.5 Å². The van der Waals surface area contributed by atoms with Crippen molar-refractivity contribution in [1.82, 2.24) is 4.90 Å². The second-order valence-corrected chi connectivity index (χ2v) is 6.75. The lowest BCUT2D eigenvalue weighted by Crippen LogP contribution is -2.36. The van der Waals surface area contributed by atoms with Crippen molar-refractivity contribution in [1.29, 1.82) is 0 Å². The van der Waals surface area contributed by atoms with E-state index in [4.69, 9.17) is 8.92 Å². The zero-order valence-corrected chi connectivity index (χ0v) is 14.4. The van der Waals surface area contributed by atoms with Crippen LogP contribution in [-0.2, 0) is 21.5 Å². The summed E-state index contributed by atoms with van der Waals surface area (Å²) in [4.78, 5) is 13.5. The van der Waals surface area contributed by atoms with Gasteiger partial charge in [0.15, 0.2) is 11.5 Å². The van der Waals surface area contributed by atoms with E-state index in [2.05, 4.69) is 0 Å².